The van der Waals surface area contributed by atoms with Crippen molar-refractivity contribution in [3.8, 4) is 0 Å². The molecule has 9 nitrogen and oxygen atoms in total. The second-order valence-corrected chi connectivity index (χ2v) is 20.6. The van der Waals surface area contributed by atoms with Crippen molar-refractivity contribution in [2.45, 2.75) is 185 Å². The Bertz CT molecular complexity index is 781. The van der Waals surface area contributed by atoms with Gasteiger partial charge in [-0.1, -0.05) is 87.6 Å². The lowest BCUT2D eigenvalue weighted by Crippen LogP contribution is -2.50. The van der Waals surface area contributed by atoms with Crippen LogP contribution in [0.3, 0.4) is 0 Å². The number of halogens is 3. The van der Waals surface area contributed by atoms with E-state index in [0.29, 0.717) is 3.89 Å². The highest BCUT2D eigenvalue weighted by Crippen LogP contribution is 2.55. The van der Waals surface area contributed by atoms with E-state index in [9.17, 15) is 14.0 Å². The van der Waals surface area contributed by atoms with Gasteiger partial charge >= 0.3 is 7.82 Å². The molecule has 0 unspecified atom stereocenters. The molecule has 0 aromatic heterocycles. The van der Waals surface area contributed by atoms with E-state index in [0.717, 1.165) is 0 Å². The number of phosphoric acid groups is 2. The average Bonchev–Trinajstić information content (AvgIpc) is 2.84. The van der Waals surface area contributed by atoms with Crippen molar-refractivity contribution in [2.75, 3.05) is 36.1 Å². The van der Waals surface area contributed by atoms with Crippen molar-refractivity contribution in [1.29, 1.82) is 0 Å². The molecule has 0 N–H and O–H groups in total. The standard InChI is InChI=1S/C16H36N.C9H20ClO4P.C8H19O4P.CH2ClI/c1-5-9-13-17(14-10-6-2,15-11-7-3)16-12-8-4;1-8(2,3)13-15(11,12-7-10)14-9(4,5)6;1-7(2,3)11-13(9,10)12-8(4,5)6;2-1-3/h5-16H2,1-4H3;7H2,1-6H3;1-6H3,(H,9,10);1H2/q+1;;;/p-1. The quantitative estimate of drug-likeness (QED) is 0.0580. The first kappa shape index (κ1) is 56.2. The summed E-state index contributed by atoms with van der Waals surface area (Å²) in [5, 5.41) is 0. The molecule has 0 aromatic carbocycles. The molecular weight excluding hydrogens is 810 g/mol. The lowest BCUT2D eigenvalue weighted by atomic mass is 10.1. The molecule has 0 aliphatic rings. The zero-order chi connectivity index (χ0) is 38.9. The zero-order valence-corrected chi connectivity index (χ0v) is 39.1. The monoisotopic (exact) mass is 885 g/mol. The number of alkyl halides is 3. The van der Waals surface area contributed by atoms with Gasteiger partial charge in [0.2, 0.25) is 0 Å². The summed E-state index contributed by atoms with van der Waals surface area (Å²) in [6.07, 6.45) is 11.1. The maximum atomic E-state index is 12.1. The summed E-state index contributed by atoms with van der Waals surface area (Å²) in [4.78, 5) is 11.2. The van der Waals surface area contributed by atoms with Gasteiger partial charge in [-0.3, -0.25) is 18.1 Å². The summed E-state index contributed by atoms with van der Waals surface area (Å²) >= 11 is 12.4. The van der Waals surface area contributed by atoms with Crippen LogP contribution in [0.25, 0.3) is 0 Å². The third-order valence-electron chi connectivity index (χ3n) is 5.69. The number of quaternary nitrogens is 1. The van der Waals surface area contributed by atoms with E-state index in [1.807, 2.05) is 0 Å². The van der Waals surface area contributed by atoms with Crippen LogP contribution >= 0.6 is 61.4 Å². The molecule has 0 aliphatic heterocycles. The molecule has 0 heterocycles. The Morgan fingerprint density at radius 3 is 0.958 bits per heavy atom. The first-order valence-corrected chi connectivity index (χ1v) is 23.0. The molecule has 0 saturated carbocycles. The van der Waals surface area contributed by atoms with E-state index in [2.05, 4.69) is 50.3 Å². The first-order valence-electron chi connectivity index (χ1n) is 17.5. The van der Waals surface area contributed by atoms with E-state index in [-0.39, 0.29) is 6.07 Å². The Hall–Kier alpha value is 1.49. The fourth-order valence-corrected chi connectivity index (χ4v) is 7.48. The molecule has 0 amide bonds. The molecule has 0 atom stereocenters. The van der Waals surface area contributed by atoms with Crippen LogP contribution in [0, 0.1) is 0 Å². The molecule has 48 heavy (non-hydrogen) atoms. The van der Waals surface area contributed by atoms with Gasteiger partial charge in [-0.15, -0.1) is 11.6 Å². The minimum atomic E-state index is -4.19. The molecule has 0 bridgehead atoms. The molecule has 296 valence electrons. The summed E-state index contributed by atoms with van der Waals surface area (Å²) in [7, 11) is -7.78. The van der Waals surface area contributed by atoms with Crippen LogP contribution in [0.1, 0.15) is 162 Å². The summed E-state index contributed by atoms with van der Waals surface area (Å²) in [6.45, 7) is 35.6. The van der Waals surface area contributed by atoms with Crippen LogP contribution < -0.4 is 4.89 Å². The zero-order valence-electron chi connectivity index (χ0n) is 33.6. The van der Waals surface area contributed by atoms with E-state index < -0.39 is 38.0 Å². The molecule has 0 radical (unpaired) electrons. The highest BCUT2D eigenvalue weighted by atomic mass is 127. The van der Waals surface area contributed by atoms with Crippen molar-refractivity contribution in [3.63, 3.8) is 0 Å². The molecule has 0 saturated heterocycles. The van der Waals surface area contributed by atoms with Crippen LogP contribution in [0.15, 0.2) is 0 Å². The summed E-state index contributed by atoms with van der Waals surface area (Å²) in [6, 6.07) is -0.233. The van der Waals surface area contributed by atoms with Crippen LogP contribution in [-0.4, -0.2) is 63.0 Å². The van der Waals surface area contributed by atoms with Gasteiger partial charge in [-0.05, 0) is 109 Å². The van der Waals surface area contributed by atoms with Gasteiger partial charge in [0.25, 0.3) is 7.82 Å². The number of phosphoric ester groups is 2. The number of hydrogen-bond acceptors (Lipinski definition) is 8. The van der Waals surface area contributed by atoms with E-state index >= 15 is 0 Å². The van der Waals surface area contributed by atoms with Gasteiger partial charge < -0.3 is 18.4 Å². The highest BCUT2D eigenvalue weighted by Gasteiger charge is 2.37. The maximum Gasteiger partial charge on any atom is 0.476 e. The van der Waals surface area contributed by atoms with Crippen LogP contribution in [-0.2, 0) is 31.7 Å². The Kier molecular flexibility index (Phi) is 32.8. The van der Waals surface area contributed by atoms with E-state index in [1.54, 1.807) is 83.1 Å². The van der Waals surface area contributed by atoms with E-state index in [1.165, 1.54) is 82.0 Å². The normalized spacial score (nSPS) is 13.1. The summed E-state index contributed by atoms with van der Waals surface area (Å²) in [5.41, 5.74) is -2.73. The molecule has 0 aromatic rings. The second kappa shape index (κ2) is 28.0. The lowest BCUT2D eigenvalue weighted by Gasteiger charge is -2.39. The Morgan fingerprint density at radius 1 is 0.562 bits per heavy atom. The van der Waals surface area contributed by atoms with Crippen molar-refractivity contribution >= 4 is 61.4 Å². The third-order valence-corrected chi connectivity index (χ3v) is 9.49. The third kappa shape index (κ3) is 41.9. The van der Waals surface area contributed by atoms with Crippen molar-refractivity contribution in [3.05, 3.63) is 0 Å². The molecule has 14 heteroatoms. The fourth-order valence-electron chi connectivity index (χ4n) is 4.14. The SMILES string of the molecule is CC(C)(C)OP(=O)(OCCl)OC(C)(C)C.CC(C)(C)OP(=O)([O-])OC(C)(C)C.CCCC[N+](CCCC)(CCCC)CCCC.ClCI. The Morgan fingerprint density at radius 2 is 0.792 bits per heavy atom. The van der Waals surface area contributed by atoms with Crippen molar-refractivity contribution in [1.82, 2.24) is 0 Å². The number of hydrogen-bond donors (Lipinski definition) is 0. The van der Waals surface area contributed by atoms with Crippen molar-refractivity contribution < 1.29 is 41.1 Å². The first-order chi connectivity index (χ1) is 21.5. The van der Waals surface area contributed by atoms with Crippen LogP contribution in [0.5, 0.6) is 0 Å². The number of nitrogens with zero attached hydrogens (tertiary/aromatic N) is 1. The van der Waals surface area contributed by atoms with Gasteiger partial charge in [0.15, 0.2) is 0 Å². The molecule has 0 rings (SSSR count). The average molecular weight is 887 g/mol. The maximum absolute atomic E-state index is 12.1. The summed E-state index contributed by atoms with van der Waals surface area (Å²) in [5.74, 6) is 0. The van der Waals surface area contributed by atoms with Gasteiger partial charge in [0.05, 0.1) is 52.5 Å². The van der Waals surface area contributed by atoms with Gasteiger partial charge in [0, 0.05) is 0 Å². The predicted octanol–water partition coefficient (Wildman–Crippen LogP) is 12.6. The highest BCUT2D eigenvalue weighted by molar-refractivity contribution is 14.1. The van der Waals surface area contributed by atoms with E-state index in [4.69, 9.17) is 45.8 Å². The van der Waals surface area contributed by atoms with Crippen LogP contribution in [0.4, 0.5) is 0 Å². The second-order valence-electron chi connectivity index (χ2n) is 15.7. The fraction of sp³-hybridized carbons (Fsp3) is 1.00. The summed E-state index contributed by atoms with van der Waals surface area (Å²) < 4.78 is 50.4. The smallest absolute Gasteiger partial charge is 0.476 e. The van der Waals surface area contributed by atoms with Crippen LogP contribution in [0.2, 0.25) is 0 Å². The van der Waals surface area contributed by atoms with Gasteiger partial charge in [-0.2, -0.15) is 0 Å². The molecular formula is C34H76Cl2INO8P2. The lowest BCUT2D eigenvalue weighted by molar-refractivity contribution is -0.929. The minimum absolute atomic E-state index is 0.233. The van der Waals surface area contributed by atoms with Gasteiger partial charge in [0.1, 0.15) is 6.07 Å². The predicted molar refractivity (Wildman–Crippen MR) is 214 cm³/mol. The number of unbranched alkanes of at least 4 members (excludes halogenated alkanes) is 4. The van der Waals surface area contributed by atoms with Crippen molar-refractivity contribution in [2.24, 2.45) is 0 Å². The number of rotatable bonds is 18. The Balaban J connectivity index is -0.000000292. The molecule has 0 fully saturated rings. The largest absolute Gasteiger partial charge is 0.756 e. The minimum Gasteiger partial charge on any atom is -0.756 e. The Labute approximate surface area is 321 Å². The van der Waals surface area contributed by atoms with Gasteiger partial charge in [-0.25, -0.2) is 4.57 Å². The molecule has 0 aliphatic carbocycles. The molecule has 0 spiro atoms. The topological polar surface area (TPSA) is 103 Å².